The quantitative estimate of drug-likeness (QED) is 0.888. The molecule has 1 unspecified atom stereocenters. The number of aliphatic hydroxyl groups excluding tert-OH is 1. The van der Waals surface area contributed by atoms with Crippen molar-refractivity contribution in [1.82, 2.24) is 5.32 Å². The summed E-state index contributed by atoms with van der Waals surface area (Å²) in [6, 6.07) is 4.28. The zero-order chi connectivity index (χ0) is 14.7. The van der Waals surface area contributed by atoms with E-state index in [2.05, 4.69) is 5.32 Å². The van der Waals surface area contributed by atoms with Gasteiger partial charge < -0.3 is 10.4 Å². The average molecular weight is 316 g/mol. The van der Waals surface area contributed by atoms with Crippen molar-refractivity contribution in [3.63, 3.8) is 0 Å². The molecule has 0 bridgehead atoms. The van der Waals surface area contributed by atoms with Gasteiger partial charge in [0, 0.05) is 23.2 Å². The summed E-state index contributed by atoms with van der Waals surface area (Å²) in [5.41, 5.74) is 0. The molecule has 20 heavy (non-hydrogen) atoms. The van der Waals surface area contributed by atoms with Crippen molar-refractivity contribution in [3.05, 3.63) is 33.9 Å². The molecule has 2 aromatic rings. The van der Waals surface area contributed by atoms with Crippen LogP contribution < -0.4 is 5.32 Å². The highest BCUT2D eigenvalue weighted by Crippen LogP contribution is 2.35. The molecule has 2 N–H and O–H groups in total. The van der Waals surface area contributed by atoms with E-state index in [4.69, 9.17) is 16.7 Å². The van der Waals surface area contributed by atoms with Crippen LogP contribution in [0.2, 0.25) is 5.02 Å². The van der Waals surface area contributed by atoms with Crippen LogP contribution in [0.1, 0.15) is 23.0 Å². The van der Waals surface area contributed by atoms with Gasteiger partial charge in [0.15, 0.2) is 0 Å². The molecular formula is C14H15ClFNO2S. The van der Waals surface area contributed by atoms with E-state index in [0.717, 1.165) is 0 Å². The molecule has 3 nitrogen and oxygen atoms in total. The molecule has 0 fully saturated rings. The van der Waals surface area contributed by atoms with Crippen LogP contribution in [-0.4, -0.2) is 24.2 Å². The van der Waals surface area contributed by atoms with Gasteiger partial charge in [0.05, 0.1) is 5.02 Å². The van der Waals surface area contributed by atoms with Crippen LogP contribution in [0.4, 0.5) is 4.39 Å². The number of thiophene rings is 1. The second-order valence-corrected chi connectivity index (χ2v) is 6.14. The number of benzene rings is 1. The van der Waals surface area contributed by atoms with Crippen LogP contribution in [-0.2, 0) is 0 Å². The van der Waals surface area contributed by atoms with E-state index in [1.165, 1.54) is 23.5 Å². The molecule has 0 saturated heterocycles. The van der Waals surface area contributed by atoms with Gasteiger partial charge in [0.1, 0.15) is 10.7 Å². The Kier molecular flexibility index (Phi) is 4.96. The molecule has 1 heterocycles. The van der Waals surface area contributed by atoms with Crippen LogP contribution in [0.3, 0.4) is 0 Å². The summed E-state index contributed by atoms with van der Waals surface area (Å²) in [5, 5.41) is 12.6. The number of amides is 1. The second kappa shape index (κ2) is 6.52. The van der Waals surface area contributed by atoms with Crippen molar-refractivity contribution in [2.45, 2.75) is 13.3 Å². The third kappa shape index (κ3) is 3.29. The Morgan fingerprint density at radius 1 is 1.55 bits per heavy atom. The Hall–Kier alpha value is -1.17. The molecule has 2 rings (SSSR count). The lowest BCUT2D eigenvalue weighted by atomic mass is 10.1. The van der Waals surface area contributed by atoms with Crippen molar-refractivity contribution in [3.8, 4) is 0 Å². The van der Waals surface area contributed by atoms with E-state index in [-0.39, 0.29) is 24.2 Å². The van der Waals surface area contributed by atoms with Crippen LogP contribution in [0, 0.1) is 11.7 Å². The summed E-state index contributed by atoms with van der Waals surface area (Å²) in [5.74, 6) is -0.421. The number of halogens is 2. The number of hydrogen-bond acceptors (Lipinski definition) is 3. The summed E-state index contributed by atoms with van der Waals surface area (Å²) >= 11 is 7.35. The molecule has 108 valence electrons. The summed E-state index contributed by atoms with van der Waals surface area (Å²) < 4.78 is 13.8. The lowest BCUT2D eigenvalue weighted by Gasteiger charge is -2.10. The molecule has 6 heteroatoms. The minimum atomic E-state index is -0.348. The number of aliphatic hydroxyl groups is 1. The fourth-order valence-corrected chi connectivity index (χ4v) is 3.31. The van der Waals surface area contributed by atoms with Gasteiger partial charge in [-0.15, -0.1) is 11.3 Å². The molecule has 0 saturated carbocycles. The van der Waals surface area contributed by atoms with Gasteiger partial charge >= 0.3 is 0 Å². The number of nitrogens with one attached hydrogen (secondary N) is 1. The van der Waals surface area contributed by atoms with Gasteiger partial charge in [0.2, 0.25) is 0 Å². The maximum atomic E-state index is 13.2. The highest BCUT2D eigenvalue weighted by atomic mass is 35.5. The highest BCUT2D eigenvalue weighted by molar-refractivity contribution is 7.21. The molecule has 0 aliphatic heterocycles. The molecule has 1 atom stereocenters. The lowest BCUT2D eigenvalue weighted by molar-refractivity contribution is 0.0949. The van der Waals surface area contributed by atoms with E-state index < -0.39 is 0 Å². The highest BCUT2D eigenvalue weighted by Gasteiger charge is 2.17. The fourth-order valence-electron chi connectivity index (χ4n) is 1.85. The van der Waals surface area contributed by atoms with Gasteiger partial charge in [-0.3, -0.25) is 4.79 Å². The van der Waals surface area contributed by atoms with Crippen LogP contribution >= 0.6 is 22.9 Å². The molecule has 1 amide bonds. The topological polar surface area (TPSA) is 49.3 Å². The minimum absolute atomic E-state index is 0.0972. The van der Waals surface area contributed by atoms with E-state index in [0.29, 0.717) is 33.0 Å². The first kappa shape index (κ1) is 15.2. The zero-order valence-corrected chi connectivity index (χ0v) is 12.5. The third-order valence-corrected chi connectivity index (χ3v) is 4.69. The predicted molar refractivity (Wildman–Crippen MR) is 80.0 cm³/mol. The summed E-state index contributed by atoms with van der Waals surface area (Å²) in [6.45, 7) is 2.51. The average Bonchev–Trinajstić information content (AvgIpc) is 2.73. The molecular weight excluding hydrogens is 301 g/mol. The monoisotopic (exact) mass is 315 g/mol. The largest absolute Gasteiger partial charge is 0.396 e. The minimum Gasteiger partial charge on any atom is -0.396 e. The SMILES string of the molecule is CC(CCO)CNC(=O)c1sc2cc(F)ccc2c1Cl. The molecule has 0 radical (unpaired) electrons. The zero-order valence-electron chi connectivity index (χ0n) is 11.0. The normalized spacial score (nSPS) is 12.6. The van der Waals surface area contributed by atoms with Gasteiger partial charge in [-0.2, -0.15) is 0 Å². The third-order valence-electron chi connectivity index (χ3n) is 3.03. The Morgan fingerprint density at radius 3 is 3.00 bits per heavy atom. The van der Waals surface area contributed by atoms with E-state index in [9.17, 15) is 9.18 Å². The maximum absolute atomic E-state index is 13.2. The number of rotatable bonds is 5. The van der Waals surface area contributed by atoms with E-state index >= 15 is 0 Å². The van der Waals surface area contributed by atoms with Gasteiger partial charge in [-0.1, -0.05) is 18.5 Å². The fraction of sp³-hybridized carbons (Fsp3) is 0.357. The lowest BCUT2D eigenvalue weighted by Crippen LogP contribution is -2.28. The Bertz CT molecular complexity index is 629. The molecule has 0 spiro atoms. The van der Waals surface area contributed by atoms with Crippen molar-refractivity contribution in [2.24, 2.45) is 5.92 Å². The van der Waals surface area contributed by atoms with E-state index in [1.54, 1.807) is 6.07 Å². The number of carbonyl (C=O) groups is 1. The van der Waals surface area contributed by atoms with Crippen molar-refractivity contribution < 1.29 is 14.3 Å². The number of hydrogen-bond donors (Lipinski definition) is 2. The van der Waals surface area contributed by atoms with Crippen LogP contribution in [0.25, 0.3) is 10.1 Å². The Morgan fingerprint density at radius 2 is 2.30 bits per heavy atom. The summed E-state index contributed by atoms with van der Waals surface area (Å²) in [6.07, 6.45) is 0.631. The number of fused-ring (bicyclic) bond motifs is 1. The van der Waals surface area contributed by atoms with Crippen molar-refractivity contribution in [2.75, 3.05) is 13.2 Å². The maximum Gasteiger partial charge on any atom is 0.262 e. The van der Waals surface area contributed by atoms with Crippen molar-refractivity contribution >= 4 is 38.9 Å². The summed E-state index contributed by atoms with van der Waals surface area (Å²) in [7, 11) is 0. The standard InChI is InChI=1S/C14H15ClFNO2S/c1-8(4-5-18)7-17-14(19)13-12(15)10-3-2-9(16)6-11(10)20-13/h2-3,6,8,18H,4-5,7H2,1H3,(H,17,19). The first-order valence-corrected chi connectivity index (χ1v) is 7.49. The first-order chi connectivity index (χ1) is 9.52. The molecule has 1 aromatic carbocycles. The van der Waals surface area contributed by atoms with Crippen LogP contribution in [0.15, 0.2) is 18.2 Å². The van der Waals surface area contributed by atoms with Crippen molar-refractivity contribution in [1.29, 1.82) is 0 Å². The van der Waals surface area contributed by atoms with Gasteiger partial charge in [0.25, 0.3) is 5.91 Å². The van der Waals surface area contributed by atoms with Gasteiger partial charge in [-0.05, 0) is 30.5 Å². The Balaban J connectivity index is 2.16. The molecule has 1 aromatic heterocycles. The Labute approximate surface area is 125 Å². The second-order valence-electron chi connectivity index (χ2n) is 4.71. The molecule has 0 aliphatic rings. The van der Waals surface area contributed by atoms with Crippen LogP contribution in [0.5, 0.6) is 0 Å². The van der Waals surface area contributed by atoms with Gasteiger partial charge in [-0.25, -0.2) is 4.39 Å². The summed E-state index contributed by atoms with van der Waals surface area (Å²) in [4.78, 5) is 12.5. The predicted octanol–water partition coefficient (Wildman–Crippen LogP) is 3.44. The van der Waals surface area contributed by atoms with E-state index in [1.807, 2.05) is 6.92 Å². The smallest absolute Gasteiger partial charge is 0.262 e. The molecule has 0 aliphatic carbocycles. The first-order valence-electron chi connectivity index (χ1n) is 6.29. The number of carbonyl (C=O) groups excluding carboxylic acids is 1.